The van der Waals surface area contributed by atoms with E-state index in [0.717, 1.165) is 24.5 Å². The van der Waals surface area contributed by atoms with Gasteiger partial charge in [0, 0.05) is 35.7 Å². The van der Waals surface area contributed by atoms with Gasteiger partial charge in [0.05, 0.1) is 11.7 Å². The van der Waals surface area contributed by atoms with Crippen molar-refractivity contribution in [1.29, 1.82) is 0 Å². The fourth-order valence-electron chi connectivity index (χ4n) is 2.19. The molecule has 3 nitrogen and oxygen atoms in total. The molecule has 5 heteroatoms. The SMILES string of the molecule is CCCn1ccnc1CC(=O)C1SCCSC1C. The van der Waals surface area contributed by atoms with Crippen LogP contribution in [0.2, 0.25) is 0 Å². The molecule has 0 saturated carbocycles. The Labute approximate surface area is 117 Å². The zero-order valence-electron chi connectivity index (χ0n) is 11.0. The van der Waals surface area contributed by atoms with Crippen molar-refractivity contribution >= 4 is 29.3 Å². The van der Waals surface area contributed by atoms with Crippen LogP contribution in [0.5, 0.6) is 0 Å². The Hall–Kier alpha value is -0.420. The summed E-state index contributed by atoms with van der Waals surface area (Å²) in [4.78, 5) is 16.7. The van der Waals surface area contributed by atoms with Crippen LogP contribution in [0.1, 0.15) is 26.1 Å². The minimum absolute atomic E-state index is 0.149. The van der Waals surface area contributed by atoms with Gasteiger partial charge < -0.3 is 4.57 Å². The summed E-state index contributed by atoms with van der Waals surface area (Å²) in [5, 5.41) is 0.585. The number of ketones is 1. The molecular formula is C13H20N2OS2. The molecule has 1 saturated heterocycles. The molecule has 1 aliphatic heterocycles. The average Bonchev–Trinajstić information content (AvgIpc) is 2.78. The van der Waals surface area contributed by atoms with Crippen LogP contribution in [0, 0.1) is 0 Å². The topological polar surface area (TPSA) is 34.9 Å². The van der Waals surface area contributed by atoms with Crippen molar-refractivity contribution in [2.24, 2.45) is 0 Å². The van der Waals surface area contributed by atoms with Crippen molar-refractivity contribution in [2.45, 2.75) is 43.7 Å². The van der Waals surface area contributed by atoms with E-state index in [9.17, 15) is 4.79 Å². The summed E-state index contributed by atoms with van der Waals surface area (Å²) in [6.07, 6.45) is 5.32. The predicted molar refractivity (Wildman–Crippen MR) is 79.4 cm³/mol. The first-order valence-corrected chi connectivity index (χ1v) is 8.58. The van der Waals surface area contributed by atoms with E-state index in [2.05, 4.69) is 23.4 Å². The van der Waals surface area contributed by atoms with Crippen molar-refractivity contribution in [1.82, 2.24) is 9.55 Å². The fourth-order valence-corrected chi connectivity index (χ4v) is 4.93. The Balaban J connectivity index is 1.99. The van der Waals surface area contributed by atoms with Crippen LogP contribution >= 0.6 is 23.5 Å². The van der Waals surface area contributed by atoms with Gasteiger partial charge in [0.25, 0.3) is 0 Å². The van der Waals surface area contributed by atoms with Crippen LogP contribution in [-0.2, 0) is 17.8 Å². The molecule has 0 aliphatic carbocycles. The minimum Gasteiger partial charge on any atom is -0.335 e. The largest absolute Gasteiger partial charge is 0.335 e. The molecule has 2 atom stereocenters. The highest BCUT2D eigenvalue weighted by Crippen LogP contribution is 2.32. The summed E-state index contributed by atoms with van der Waals surface area (Å²) in [6.45, 7) is 5.25. The van der Waals surface area contributed by atoms with Gasteiger partial charge in [-0.3, -0.25) is 4.79 Å². The Kier molecular flexibility index (Phi) is 5.18. The Morgan fingerprint density at radius 1 is 1.50 bits per heavy atom. The minimum atomic E-state index is 0.149. The van der Waals surface area contributed by atoms with Crippen molar-refractivity contribution in [3.05, 3.63) is 18.2 Å². The van der Waals surface area contributed by atoms with Crippen molar-refractivity contribution in [2.75, 3.05) is 11.5 Å². The normalized spacial score (nSPS) is 24.1. The molecule has 0 radical (unpaired) electrons. The zero-order chi connectivity index (χ0) is 13.0. The smallest absolute Gasteiger partial charge is 0.154 e. The highest BCUT2D eigenvalue weighted by molar-refractivity contribution is 8.07. The van der Waals surface area contributed by atoms with Crippen LogP contribution in [0.25, 0.3) is 0 Å². The number of imidazole rings is 1. The zero-order valence-corrected chi connectivity index (χ0v) is 12.6. The number of Topliss-reactive ketones (excluding diaryl/α,β-unsaturated/α-hetero) is 1. The lowest BCUT2D eigenvalue weighted by Crippen LogP contribution is -2.32. The third-order valence-electron chi connectivity index (χ3n) is 3.10. The van der Waals surface area contributed by atoms with Crippen LogP contribution in [0.3, 0.4) is 0 Å². The number of nitrogens with zero attached hydrogens (tertiary/aromatic N) is 2. The first-order valence-electron chi connectivity index (χ1n) is 6.48. The van der Waals surface area contributed by atoms with E-state index < -0.39 is 0 Å². The van der Waals surface area contributed by atoms with Crippen molar-refractivity contribution in [3.63, 3.8) is 0 Å². The summed E-state index contributed by atoms with van der Waals surface area (Å²) in [7, 11) is 0. The molecule has 2 rings (SSSR count). The maximum atomic E-state index is 12.3. The number of aromatic nitrogens is 2. The summed E-state index contributed by atoms with van der Waals surface area (Å²) in [5.74, 6) is 3.52. The lowest BCUT2D eigenvalue weighted by Gasteiger charge is -2.26. The van der Waals surface area contributed by atoms with E-state index in [1.165, 1.54) is 5.75 Å². The number of hydrogen-bond acceptors (Lipinski definition) is 4. The summed E-state index contributed by atoms with van der Waals surface area (Å²) < 4.78 is 2.10. The molecule has 1 aliphatic rings. The highest BCUT2D eigenvalue weighted by Gasteiger charge is 2.29. The quantitative estimate of drug-likeness (QED) is 0.832. The first kappa shape index (κ1) is 14.0. The second-order valence-corrected chi connectivity index (χ2v) is 7.28. The number of carbonyl (C=O) groups excluding carboxylic acids is 1. The molecule has 1 aromatic rings. The third kappa shape index (κ3) is 3.32. The molecular weight excluding hydrogens is 264 g/mol. The van der Waals surface area contributed by atoms with Gasteiger partial charge in [0.1, 0.15) is 5.82 Å². The van der Waals surface area contributed by atoms with Gasteiger partial charge in [-0.25, -0.2) is 4.98 Å². The summed E-state index contributed by atoms with van der Waals surface area (Å²) in [6, 6.07) is 0. The van der Waals surface area contributed by atoms with Gasteiger partial charge in [0.2, 0.25) is 0 Å². The Bertz CT molecular complexity index is 405. The maximum absolute atomic E-state index is 12.3. The average molecular weight is 284 g/mol. The van der Waals surface area contributed by atoms with Crippen LogP contribution in [0.15, 0.2) is 12.4 Å². The molecule has 0 aromatic carbocycles. The highest BCUT2D eigenvalue weighted by atomic mass is 32.2. The van der Waals surface area contributed by atoms with E-state index in [1.807, 2.05) is 29.7 Å². The number of carbonyl (C=O) groups is 1. The van der Waals surface area contributed by atoms with E-state index in [4.69, 9.17) is 0 Å². The summed E-state index contributed by atoms with van der Waals surface area (Å²) >= 11 is 3.73. The molecule has 0 amide bonds. The molecule has 2 unspecified atom stereocenters. The molecule has 0 spiro atoms. The fraction of sp³-hybridized carbons (Fsp3) is 0.692. The van der Waals surface area contributed by atoms with Gasteiger partial charge in [-0.15, -0.1) is 11.8 Å². The van der Waals surface area contributed by atoms with Crippen molar-refractivity contribution in [3.8, 4) is 0 Å². The van der Waals surface area contributed by atoms with Gasteiger partial charge in [-0.05, 0) is 6.42 Å². The van der Waals surface area contributed by atoms with Gasteiger partial charge in [-0.2, -0.15) is 11.8 Å². The van der Waals surface area contributed by atoms with Crippen LogP contribution in [-0.4, -0.2) is 37.3 Å². The molecule has 2 heterocycles. The van der Waals surface area contributed by atoms with Gasteiger partial charge >= 0.3 is 0 Å². The van der Waals surface area contributed by atoms with E-state index in [1.54, 1.807) is 6.20 Å². The third-order valence-corrected chi connectivity index (χ3v) is 6.24. The van der Waals surface area contributed by atoms with Crippen LogP contribution in [0.4, 0.5) is 0 Å². The van der Waals surface area contributed by atoms with E-state index in [-0.39, 0.29) is 5.25 Å². The number of thioether (sulfide) groups is 2. The van der Waals surface area contributed by atoms with Gasteiger partial charge in [-0.1, -0.05) is 13.8 Å². The molecule has 100 valence electrons. The first-order chi connectivity index (χ1) is 8.72. The van der Waals surface area contributed by atoms with E-state index >= 15 is 0 Å². The van der Waals surface area contributed by atoms with Crippen LogP contribution < -0.4 is 0 Å². The Morgan fingerprint density at radius 2 is 2.28 bits per heavy atom. The molecule has 18 heavy (non-hydrogen) atoms. The number of aryl methyl sites for hydroxylation is 1. The van der Waals surface area contributed by atoms with E-state index in [0.29, 0.717) is 17.5 Å². The number of rotatable bonds is 5. The molecule has 1 fully saturated rings. The Morgan fingerprint density at radius 3 is 3.00 bits per heavy atom. The monoisotopic (exact) mass is 284 g/mol. The lowest BCUT2D eigenvalue weighted by molar-refractivity contribution is -0.118. The summed E-state index contributed by atoms with van der Waals surface area (Å²) in [5.41, 5.74) is 0. The second-order valence-electron chi connectivity index (χ2n) is 4.55. The molecule has 1 aromatic heterocycles. The van der Waals surface area contributed by atoms with Crippen molar-refractivity contribution < 1.29 is 4.79 Å². The molecule has 0 bridgehead atoms. The number of hydrogen-bond donors (Lipinski definition) is 0. The second kappa shape index (κ2) is 6.66. The lowest BCUT2D eigenvalue weighted by atomic mass is 10.1. The van der Waals surface area contributed by atoms with Gasteiger partial charge in [0.15, 0.2) is 5.78 Å². The molecule has 0 N–H and O–H groups in total. The standard InChI is InChI=1S/C13H20N2OS2/c1-3-5-15-6-4-14-12(15)9-11(16)13-10(2)17-7-8-18-13/h4,6,10,13H,3,5,7-9H2,1-2H3. The predicted octanol–water partition coefficient (Wildman–Crippen LogP) is 2.64. The maximum Gasteiger partial charge on any atom is 0.154 e.